The van der Waals surface area contributed by atoms with Crippen LogP contribution in [0.15, 0.2) is 18.5 Å². The van der Waals surface area contributed by atoms with Crippen molar-refractivity contribution < 1.29 is 38.1 Å². The van der Waals surface area contributed by atoms with Crippen LogP contribution in [0.4, 0.5) is 20.2 Å². The second-order valence-electron chi connectivity index (χ2n) is 14.7. The number of aromatic nitrogens is 3. The number of anilines is 1. The van der Waals surface area contributed by atoms with Gasteiger partial charge in [0.1, 0.15) is 22.8 Å². The van der Waals surface area contributed by atoms with Crippen LogP contribution < -0.4 is 10.3 Å². The van der Waals surface area contributed by atoms with Crippen LogP contribution in [-0.4, -0.2) is 98.8 Å². The van der Waals surface area contributed by atoms with Crippen LogP contribution >= 0.6 is 0 Å². The third kappa shape index (κ3) is 8.50. The molecule has 47 heavy (non-hydrogen) atoms. The summed E-state index contributed by atoms with van der Waals surface area (Å²) in [5.74, 6) is -0.937. The number of piperidine rings is 1. The first-order valence-electron chi connectivity index (χ1n) is 15.6. The number of methoxy groups -OCH3 is 1. The van der Waals surface area contributed by atoms with E-state index in [9.17, 15) is 19.2 Å². The van der Waals surface area contributed by atoms with Gasteiger partial charge in [-0.15, -0.1) is 0 Å². The van der Waals surface area contributed by atoms with Crippen molar-refractivity contribution in [3.8, 4) is 0 Å². The molecule has 1 saturated heterocycles. The van der Waals surface area contributed by atoms with E-state index in [1.54, 1.807) is 74.6 Å². The summed E-state index contributed by atoms with van der Waals surface area (Å²) in [6, 6.07) is 0.714. The van der Waals surface area contributed by atoms with Crippen LogP contribution in [0.3, 0.4) is 0 Å². The van der Waals surface area contributed by atoms with Crippen LogP contribution in [0.5, 0.6) is 0 Å². The monoisotopic (exact) mass is 657 g/mol. The Bertz CT molecular complexity index is 1540. The summed E-state index contributed by atoms with van der Waals surface area (Å²) in [6.45, 7) is 16.0. The lowest BCUT2D eigenvalue weighted by molar-refractivity contribution is -0.148. The quantitative estimate of drug-likeness (QED) is 0.353. The lowest BCUT2D eigenvalue weighted by Gasteiger charge is -2.38. The molecule has 1 N–H and O–H groups in total. The molecular formula is C32H47N7O8. The minimum Gasteiger partial charge on any atom is -0.467 e. The SMILES string of the molecule is COC(=O)[C@@H]1CC[C@H](c2cc(N(C(=O)OC(C)(C)C)C(=O)OC(C)(C)C)n3ncc(C4=CN(C)NC4)c3n2)CN1C(=O)OC(C)(C)C. The fourth-order valence-corrected chi connectivity index (χ4v) is 5.25. The number of amides is 3. The van der Waals surface area contributed by atoms with Gasteiger partial charge < -0.3 is 24.0 Å². The molecule has 15 nitrogen and oxygen atoms in total. The second-order valence-corrected chi connectivity index (χ2v) is 14.7. The molecule has 2 aromatic rings. The Kier molecular flexibility index (Phi) is 9.81. The average molecular weight is 658 g/mol. The first-order valence-corrected chi connectivity index (χ1v) is 15.6. The highest BCUT2D eigenvalue weighted by Gasteiger charge is 2.41. The van der Waals surface area contributed by atoms with Gasteiger partial charge in [0.2, 0.25) is 0 Å². The third-order valence-electron chi connectivity index (χ3n) is 7.17. The maximum Gasteiger partial charge on any atom is 0.425 e. The van der Waals surface area contributed by atoms with Crippen molar-refractivity contribution in [1.82, 2.24) is 29.9 Å². The molecule has 4 heterocycles. The van der Waals surface area contributed by atoms with Gasteiger partial charge in [0.15, 0.2) is 11.5 Å². The van der Waals surface area contributed by atoms with Crippen molar-refractivity contribution in [3.63, 3.8) is 0 Å². The van der Waals surface area contributed by atoms with Crippen LogP contribution in [0.25, 0.3) is 11.2 Å². The highest BCUT2D eigenvalue weighted by atomic mass is 16.6. The Morgan fingerprint density at radius 1 is 0.915 bits per heavy atom. The van der Waals surface area contributed by atoms with Crippen LogP contribution in [0.2, 0.25) is 0 Å². The number of nitrogens with one attached hydrogen (secondary N) is 1. The van der Waals surface area contributed by atoms with E-state index in [1.807, 2.05) is 18.3 Å². The van der Waals surface area contributed by atoms with Gasteiger partial charge in [0.05, 0.1) is 19.0 Å². The number of rotatable bonds is 4. The van der Waals surface area contributed by atoms with Crippen LogP contribution in [-0.2, 0) is 23.7 Å². The molecule has 0 spiro atoms. The zero-order valence-corrected chi connectivity index (χ0v) is 29.2. The first kappa shape index (κ1) is 35.5. The van der Waals surface area contributed by atoms with Crippen molar-refractivity contribution >= 4 is 41.3 Å². The van der Waals surface area contributed by atoms with Gasteiger partial charge in [-0.2, -0.15) is 14.5 Å². The number of hydrogen-bond donors (Lipinski definition) is 1. The predicted octanol–water partition coefficient (Wildman–Crippen LogP) is 4.85. The Morgan fingerprint density at radius 2 is 1.51 bits per heavy atom. The Balaban J connectivity index is 1.90. The molecule has 0 aliphatic carbocycles. The molecule has 0 bridgehead atoms. The third-order valence-corrected chi connectivity index (χ3v) is 7.17. The lowest BCUT2D eigenvalue weighted by Crippen LogP contribution is -2.52. The number of ether oxygens (including phenoxy) is 4. The lowest BCUT2D eigenvalue weighted by atomic mass is 9.90. The van der Waals surface area contributed by atoms with E-state index < -0.39 is 53.0 Å². The summed E-state index contributed by atoms with van der Waals surface area (Å²) in [7, 11) is 3.14. The summed E-state index contributed by atoms with van der Waals surface area (Å²) < 4.78 is 23.4. The number of nitrogens with zero attached hydrogens (tertiary/aromatic N) is 6. The Labute approximate surface area is 275 Å². The van der Waals surface area contributed by atoms with Gasteiger partial charge in [-0.1, -0.05) is 0 Å². The number of hydrazine groups is 1. The summed E-state index contributed by atoms with van der Waals surface area (Å²) in [5, 5.41) is 6.36. The van der Waals surface area contributed by atoms with Crippen molar-refractivity contribution in [2.24, 2.45) is 0 Å². The number of esters is 1. The minimum absolute atomic E-state index is 0.0403. The van der Waals surface area contributed by atoms with E-state index >= 15 is 0 Å². The molecule has 2 atom stereocenters. The topological polar surface area (TPSA) is 157 Å². The Hall–Kier alpha value is -4.40. The molecule has 15 heteroatoms. The van der Waals surface area contributed by atoms with Gasteiger partial charge in [-0.3, -0.25) is 4.90 Å². The van der Waals surface area contributed by atoms with Gasteiger partial charge in [0.25, 0.3) is 0 Å². The van der Waals surface area contributed by atoms with Gasteiger partial charge >= 0.3 is 24.2 Å². The van der Waals surface area contributed by atoms with E-state index in [1.165, 1.54) is 16.5 Å². The van der Waals surface area contributed by atoms with Crippen molar-refractivity contribution in [3.05, 3.63) is 29.7 Å². The molecule has 0 saturated carbocycles. The van der Waals surface area contributed by atoms with Crippen LogP contribution in [0, 0.1) is 0 Å². The standard InChI is InChI=1S/C32H47N7O8/c1-30(2,3)45-27(41)37-18-19(12-13-23(37)26(40)44-11)22-14-24(38(28(42)46-31(4,5)6)29(43)47-32(7,8)9)39-25(35-22)21(16-34-39)20-15-33-36(10)17-20/h14,16-17,19,23,33H,12-13,15,18H2,1-11H3/t19-,23-/m0/s1. The fraction of sp³-hybridized carbons (Fsp3) is 0.625. The smallest absolute Gasteiger partial charge is 0.425 e. The van der Waals surface area contributed by atoms with Crippen LogP contribution in [0.1, 0.15) is 92.3 Å². The molecular weight excluding hydrogens is 610 g/mol. The molecule has 258 valence electrons. The highest BCUT2D eigenvalue weighted by molar-refractivity contribution is 6.09. The zero-order valence-electron chi connectivity index (χ0n) is 29.2. The summed E-state index contributed by atoms with van der Waals surface area (Å²) >= 11 is 0. The molecule has 1 fully saturated rings. The molecule has 4 rings (SSSR count). The normalized spacial score (nSPS) is 18.9. The zero-order chi connectivity index (χ0) is 35.1. The largest absolute Gasteiger partial charge is 0.467 e. The highest BCUT2D eigenvalue weighted by Crippen LogP contribution is 2.35. The number of likely N-dealkylation sites (tertiary alicyclic amines) is 1. The minimum atomic E-state index is -0.964. The maximum atomic E-state index is 13.7. The number of fused-ring (bicyclic) bond motifs is 1. The van der Waals surface area contributed by atoms with Gasteiger partial charge in [0, 0.05) is 43.9 Å². The van der Waals surface area contributed by atoms with Crippen molar-refractivity contribution in [2.45, 2.75) is 104 Å². The van der Waals surface area contributed by atoms with E-state index in [4.69, 9.17) is 23.9 Å². The van der Waals surface area contributed by atoms with Crippen molar-refractivity contribution in [2.75, 3.05) is 32.1 Å². The Morgan fingerprint density at radius 3 is 2.02 bits per heavy atom. The molecule has 2 aliphatic rings. The molecule has 0 radical (unpaired) electrons. The molecule has 3 amide bonds. The number of carbonyl (C=O) groups excluding carboxylic acids is 4. The first-order chi connectivity index (χ1) is 21.7. The average Bonchev–Trinajstić information content (AvgIpc) is 3.55. The molecule has 2 aromatic heterocycles. The number of carbonyl (C=O) groups is 4. The summed E-state index contributed by atoms with van der Waals surface area (Å²) in [4.78, 5) is 60.8. The summed E-state index contributed by atoms with van der Waals surface area (Å²) in [6.07, 6.45) is 1.63. The second kappa shape index (κ2) is 13.0. The fourth-order valence-electron chi connectivity index (χ4n) is 5.25. The summed E-state index contributed by atoms with van der Waals surface area (Å²) in [5.41, 5.74) is 2.90. The molecule has 0 unspecified atom stereocenters. The van der Waals surface area contributed by atoms with E-state index in [0.717, 1.165) is 10.5 Å². The van der Waals surface area contributed by atoms with E-state index in [-0.39, 0.29) is 18.8 Å². The van der Waals surface area contributed by atoms with Crippen molar-refractivity contribution in [1.29, 1.82) is 0 Å². The van der Waals surface area contributed by atoms with E-state index in [2.05, 4.69) is 10.5 Å². The molecule has 0 aromatic carbocycles. The van der Waals surface area contributed by atoms with Gasteiger partial charge in [-0.25, -0.2) is 29.6 Å². The van der Waals surface area contributed by atoms with E-state index in [0.29, 0.717) is 29.9 Å². The number of hydrogen-bond acceptors (Lipinski definition) is 12. The number of imide groups is 1. The van der Waals surface area contributed by atoms with Gasteiger partial charge in [-0.05, 0) is 80.7 Å². The predicted molar refractivity (Wildman–Crippen MR) is 172 cm³/mol. The maximum absolute atomic E-state index is 13.7. The molecule has 2 aliphatic heterocycles.